The van der Waals surface area contributed by atoms with Gasteiger partial charge in [0.25, 0.3) is 10.0 Å². The van der Waals surface area contributed by atoms with Crippen LogP contribution in [0.25, 0.3) is 0 Å². The predicted molar refractivity (Wildman–Crippen MR) is 161 cm³/mol. The van der Waals surface area contributed by atoms with Crippen LogP contribution in [-0.2, 0) is 24.8 Å². The summed E-state index contributed by atoms with van der Waals surface area (Å²) in [5.41, 5.74) is 2.86. The number of carbonyl (C=O) groups excluding carboxylic acids is 1. The number of hydrogen-bond donors (Lipinski definition) is 0. The van der Waals surface area contributed by atoms with Crippen LogP contribution in [0, 0.1) is 20.8 Å². The maximum Gasteiger partial charge on any atom is 0.285 e. The number of carbonyl (C=O) groups is 1. The number of nitrogens with zero attached hydrogens (tertiary/aromatic N) is 2. The van der Waals surface area contributed by atoms with Crippen molar-refractivity contribution in [1.82, 2.24) is 4.31 Å². The molecule has 0 amide bonds. The molecule has 1 aliphatic heterocycles. The van der Waals surface area contributed by atoms with Crippen molar-refractivity contribution in [2.75, 3.05) is 6.61 Å². The smallest absolute Gasteiger partial charge is 0.285 e. The van der Waals surface area contributed by atoms with Crippen molar-refractivity contribution in [3.05, 3.63) is 95.1 Å². The average molecular weight is 712 g/mol. The molecule has 0 saturated carbocycles. The van der Waals surface area contributed by atoms with Crippen LogP contribution in [0.15, 0.2) is 87.0 Å². The first-order valence-electron chi connectivity index (χ1n) is 12.3. The van der Waals surface area contributed by atoms with E-state index in [1.165, 1.54) is 24.3 Å². The molecule has 1 heterocycles. The zero-order chi connectivity index (χ0) is 29.5. The van der Waals surface area contributed by atoms with Gasteiger partial charge >= 0.3 is 0 Å². The monoisotopic (exact) mass is 710 g/mol. The van der Waals surface area contributed by atoms with Crippen LogP contribution in [0.5, 0.6) is 0 Å². The van der Waals surface area contributed by atoms with Crippen LogP contribution in [0.4, 0.5) is 0 Å². The zero-order valence-electron chi connectivity index (χ0n) is 22.2. The average Bonchev–Trinajstić information content (AvgIpc) is 3.55. The summed E-state index contributed by atoms with van der Waals surface area (Å²) in [5.74, 6) is -0.769. The Morgan fingerprint density at radius 1 is 0.925 bits per heavy atom. The molecular formula is C28H28Br2N2O6S2. The Morgan fingerprint density at radius 2 is 1.48 bits per heavy atom. The van der Waals surface area contributed by atoms with Crippen molar-refractivity contribution >= 4 is 63.6 Å². The van der Waals surface area contributed by atoms with E-state index in [9.17, 15) is 21.6 Å². The van der Waals surface area contributed by atoms with Crippen molar-refractivity contribution in [3.8, 4) is 0 Å². The molecule has 1 aliphatic rings. The number of ether oxygens (including phenoxy) is 1. The van der Waals surface area contributed by atoms with Gasteiger partial charge in [-0.3, -0.25) is 4.79 Å². The third kappa shape index (κ3) is 5.82. The number of aryl methyl sites for hydroxylation is 3. The molecule has 212 valence electrons. The number of ketones is 1. The summed E-state index contributed by atoms with van der Waals surface area (Å²) >= 11 is 6.91. The second kappa shape index (κ2) is 11.5. The molecule has 8 nitrogen and oxygen atoms in total. The van der Waals surface area contributed by atoms with E-state index < -0.39 is 41.1 Å². The quantitative estimate of drug-likeness (QED) is 0.0720. The fourth-order valence-corrected chi connectivity index (χ4v) is 10.1. The molecule has 40 heavy (non-hydrogen) atoms. The van der Waals surface area contributed by atoms with Gasteiger partial charge in [0.15, 0.2) is 10.2 Å². The first-order chi connectivity index (χ1) is 18.7. The minimum atomic E-state index is -4.22. The van der Waals surface area contributed by atoms with E-state index in [0.717, 1.165) is 21.0 Å². The largest absolute Gasteiger partial charge is 0.480 e. The van der Waals surface area contributed by atoms with E-state index in [0.29, 0.717) is 5.56 Å². The standard InChI is InChI=1S/C28H28Br2N2O6S2/c1-5-38-27(31-39(34,35)22-13-9-18(2)10-14-22)24(29)25-28(30,26(33)21-8-6-7-20(4)17-21)32(25)40(36,37)23-15-11-19(3)12-16-23/h6-17,24-25H,5H2,1-4H3/b31-27-/t24-,25-,28+,32?/m0/s1. The lowest BCUT2D eigenvalue weighted by Crippen LogP contribution is -2.31. The third-order valence-corrected chi connectivity index (χ3v) is 11.9. The highest BCUT2D eigenvalue weighted by Gasteiger charge is 2.74. The number of Topliss-reactive ketones (excluding diaryl/α,β-unsaturated/α-hetero) is 1. The van der Waals surface area contributed by atoms with Crippen molar-refractivity contribution in [3.63, 3.8) is 0 Å². The van der Waals surface area contributed by atoms with Gasteiger partial charge in [-0.15, -0.1) is 4.40 Å². The van der Waals surface area contributed by atoms with Crippen LogP contribution >= 0.6 is 31.9 Å². The Morgan fingerprint density at radius 3 is 2.00 bits per heavy atom. The van der Waals surface area contributed by atoms with E-state index in [1.807, 2.05) is 26.8 Å². The Bertz CT molecular complexity index is 1670. The van der Waals surface area contributed by atoms with Crippen molar-refractivity contribution in [2.24, 2.45) is 4.40 Å². The molecule has 1 fully saturated rings. The van der Waals surface area contributed by atoms with Gasteiger partial charge in [0.05, 0.1) is 22.4 Å². The summed E-state index contributed by atoms with van der Waals surface area (Å²) in [6.07, 6.45) is 0. The lowest BCUT2D eigenvalue weighted by molar-refractivity contribution is 0.0971. The molecule has 12 heteroatoms. The lowest BCUT2D eigenvalue weighted by atomic mass is 10.0. The summed E-state index contributed by atoms with van der Waals surface area (Å²) in [4.78, 5) is 12.7. The fourth-order valence-electron chi connectivity index (χ4n) is 4.27. The second-order valence-electron chi connectivity index (χ2n) is 9.48. The Kier molecular flexibility index (Phi) is 8.77. The maximum atomic E-state index is 13.9. The van der Waals surface area contributed by atoms with Gasteiger partial charge in [0, 0.05) is 5.56 Å². The first-order valence-corrected chi connectivity index (χ1v) is 16.9. The lowest BCUT2D eigenvalue weighted by Gasteiger charge is -2.14. The van der Waals surface area contributed by atoms with Crippen LogP contribution < -0.4 is 0 Å². The number of alkyl halides is 2. The summed E-state index contributed by atoms with van der Waals surface area (Å²) in [6.45, 7) is 7.20. The number of sulfonamides is 2. The highest BCUT2D eigenvalue weighted by Crippen LogP contribution is 2.56. The van der Waals surface area contributed by atoms with Gasteiger partial charge in [0.1, 0.15) is 4.83 Å². The Hall–Kier alpha value is -2.38. The van der Waals surface area contributed by atoms with Crippen molar-refractivity contribution < 1.29 is 26.4 Å². The molecule has 4 atom stereocenters. The number of rotatable bonds is 9. The fraction of sp³-hybridized carbons (Fsp3) is 0.286. The summed E-state index contributed by atoms with van der Waals surface area (Å²) in [6, 6.07) is 18.1. The Labute approximate surface area is 251 Å². The first kappa shape index (κ1) is 30.6. The van der Waals surface area contributed by atoms with E-state index in [1.54, 1.807) is 49.4 Å². The minimum Gasteiger partial charge on any atom is -0.480 e. The van der Waals surface area contributed by atoms with E-state index >= 15 is 0 Å². The number of halogens is 2. The Balaban J connectivity index is 1.82. The molecule has 0 aliphatic carbocycles. The number of benzene rings is 3. The molecule has 0 bridgehead atoms. The molecule has 1 unspecified atom stereocenters. The van der Waals surface area contributed by atoms with Crippen molar-refractivity contribution in [1.29, 1.82) is 0 Å². The molecule has 3 aromatic rings. The molecule has 0 radical (unpaired) electrons. The molecule has 0 spiro atoms. The number of hydrogen-bond acceptors (Lipinski definition) is 6. The van der Waals surface area contributed by atoms with Crippen molar-refractivity contribution in [2.45, 2.75) is 52.8 Å². The van der Waals surface area contributed by atoms with Crippen LogP contribution in [0.3, 0.4) is 0 Å². The molecule has 0 aromatic heterocycles. The SMILES string of the molecule is CCO/C(=N\S(=O)(=O)c1ccc(C)cc1)[C@@H](Br)[C@@H]1N(S(=O)(=O)c2ccc(C)cc2)[C@@]1(Br)C(=O)c1cccc(C)c1. The van der Waals surface area contributed by atoms with Gasteiger partial charge in [-0.05, 0) is 58.0 Å². The zero-order valence-corrected chi connectivity index (χ0v) is 27.0. The van der Waals surface area contributed by atoms with Gasteiger partial charge in [0.2, 0.25) is 15.9 Å². The normalized spacial score (nSPS) is 22.0. The van der Waals surface area contributed by atoms with E-state index in [2.05, 4.69) is 36.3 Å². The summed E-state index contributed by atoms with van der Waals surface area (Å²) in [7, 11) is -8.43. The van der Waals surface area contributed by atoms with Gasteiger partial charge in [-0.25, -0.2) is 8.42 Å². The topological polar surface area (TPSA) is 110 Å². The minimum absolute atomic E-state index is 0.0108. The summed E-state index contributed by atoms with van der Waals surface area (Å²) < 4.78 is 63.0. The molecular weight excluding hydrogens is 684 g/mol. The molecule has 3 aromatic carbocycles. The predicted octanol–water partition coefficient (Wildman–Crippen LogP) is 5.55. The van der Waals surface area contributed by atoms with Gasteiger partial charge < -0.3 is 4.74 Å². The molecule has 4 rings (SSSR count). The van der Waals surface area contributed by atoms with Crippen LogP contribution in [0.1, 0.15) is 34.0 Å². The third-order valence-electron chi connectivity index (χ3n) is 6.41. The van der Waals surface area contributed by atoms with Gasteiger partial charge in [-0.1, -0.05) is 91.0 Å². The summed E-state index contributed by atoms with van der Waals surface area (Å²) in [5, 5.41) is 0. The van der Waals surface area contributed by atoms with Crippen LogP contribution in [0.2, 0.25) is 0 Å². The highest BCUT2D eigenvalue weighted by molar-refractivity contribution is 9.11. The van der Waals surface area contributed by atoms with Gasteiger partial charge in [-0.2, -0.15) is 12.7 Å². The molecule has 1 saturated heterocycles. The highest BCUT2D eigenvalue weighted by atomic mass is 79.9. The second-order valence-corrected chi connectivity index (χ2v) is 15.1. The van der Waals surface area contributed by atoms with E-state index in [-0.39, 0.29) is 22.3 Å². The maximum absolute atomic E-state index is 13.9. The molecule has 0 N–H and O–H groups in total. The van der Waals surface area contributed by atoms with Crippen LogP contribution in [-0.4, -0.2) is 54.7 Å². The van der Waals surface area contributed by atoms with E-state index in [4.69, 9.17) is 4.74 Å².